The van der Waals surface area contributed by atoms with Gasteiger partial charge in [0.25, 0.3) is 0 Å². The van der Waals surface area contributed by atoms with Crippen molar-refractivity contribution < 1.29 is 4.42 Å². The molecule has 0 aliphatic carbocycles. The third kappa shape index (κ3) is 5.66. The summed E-state index contributed by atoms with van der Waals surface area (Å²) in [4.78, 5) is 2.46. The van der Waals surface area contributed by atoms with Gasteiger partial charge in [0.1, 0.15) is 11.2 Å². The molecule has 0 N–H and O–H groups in total. The molecule has 0 saturated heterocycles. The summed E-state index contributed by atoms with van der Waals surface area (Å²) in [5.74, 6) is 0. The van der Waals surface area contributed by atoms with Crippen molar-refractivity contribution in [2.24, 2.45) is 0 Å². The molecule has 0 atom stereocenters. The maximum absolute atomic E-state index is 6.61. The van der Waals surface area contributed by atoms with Crippen LogP contribution < -0.4 is 4.90 Å². The van der Waals surface area contributed by atoms with E-state index in [0.29, 0.717) is 0 Å². The van der Waals surface area contributed by atoms with Crippen LogP contribution in [0.15, 0.2) is 241 Å². The molecule has 64 heavy (non-hydrogen) atoms. The predicted molar refractivity (Wildman–Crippen MR) is 272 cm³/mol. The summed E-state index contributed by atoms with van der Waals surface area (Å²) in [7, 11) is 0. The fourth-order valence-electron chi connectivity index (χ4n) is 10.4. The summed E-state index contributed by atoms with van der Waals surface area (Å²) in [5.41, 5.74) is 12.3. The highest BCUT2D eigenvalue weighted by molar-refractivity contribution is 6.23. The van der Waals surface area contributed by atoms with Gasteiger partial charge in [-0.2, -0.15) is 0 Å². The lowest BCUT2D eigenvalue weighted by atomic mass is 9.85. The van der Waals surface area contributed by atoms with Crippen LogP contribution in [0.2, 0.25) is 0 Å². The van der Waals surface area contributed by atoms with E-state index in [1.807, 2.05) is 0 Å². The molecule has 0 spiro atoms. The van der Waals surface area contributed by atoms with Crippen molar-refractivity contribution in [2.45, 2.75) is 0 Å². The molecule has 0 saturated carbocycles. The van der Waals surface area contributed by atoms with E-state index in [1.54, 1.807) is 0 Å². The Morgan fingerprint density at radius 2 is 0.844 bits per heavy atom. The van der Waals surface area contributed by atoms with Crippen LogP contribution in [0, 0.1) is 0 Å². The molecule has 0 bridgehead atoms. The van der Waals surface area contributed by atoms with E-state index in [-0.39, 0.29) is 0 Å². The molecule has 2 nitrogen and oxygen atoms in total. The molecule has 2 heteroatoms. The Morgan fingerprint density at radius 1 is 0.297 bits per heavy atom. The van der Waals surface area contributed by atoms with Crippen LogP contribution in [0.5, 0.6) is 0 Å². The third-order valence-corrected chi connectivity index (χ3v) is 13.2. The maximum Gasteiger partial charge on any atom is 0.143 e. The van der Waals surface area contributed by atoms with E-state index in [9.17, 15) is 0 Å². The van der Waals surface area contributed by atoms with E-state index >= 15 is 0 Å². The van der Waals surface area contributed by atoms with Gasteiger partial charge in [0.2, 0.25) is 0 Å². The highest BCUT2D eigenvalue weighted by Gasteiger charge is 2.23. The number of furan rings is 1. The van der Waals surface area contributed by atoms with Crippen molar-refractivity contribution in [3.8, 4) is 33.4 Å². The lowest BCUT2D eigenvalue weighted by Crippen LogP contribution is -2.11. The molecule has 1 aromatic heterocycles. The van der Waals surface area contributed by atoms with Crippen LogP contribution in [0.4, 0.5) is 17.1 Å². The minimum atomic E-state index is 0.893. The summed E-state index contributed by atoms with van der Waals surface area (Å²) in [6, 6.07) is 86.1. The van der Waals surface area contributed by atoms with Crippen LogP contribution in [0.3, 0.4) is 0 Å². The minimum absolute atomic E-state index is 0.893. The number of benzene rings is 12. The lowest BCUT2D eigenvalue weighted by molar-refractivity contribution is 0.673. The molecule has 0 unspecified atom stereocenters. The monoisotopic (exact) mass is 813 g/mol. The van der Waals surface area contributed by atoms with Gasteiger partial charge in [0, 0.05) is 32.9 Å². The Hall–Kier alpha value is -8.46. The number of nitrogens with zero attached hydrogens (tertiary/aromatic N) is 1. The van der Waals surface area contributed by atoms with Crippen LogP contribution in [-0.4, -0.2) is 0 Å². The Morgan fingerprint density at radius 3 is 1.58 bits per heavy atom. The zero-order valence-electron chi connectivity index (χ0n) is 34.9. The molecule has 13 aromatic rings. The van der Waals surface area contributed by atoms with Gasteiger partial charge >= 0.3 is 0 Å². The normalized spacial score (nSPS) is 11.8. The van der Waals surface area contributed by atoms with E-state index in [2.05, 4.69) is 241 Å². The van der Waals surface area contributed by atoms with Crippen molar-refractivity contribution in [2.75, 3.05) is 4.90 Å². The van der Waals surface area contributed by atoms with Crippen LogP contribution in [-0.2, 0) is 0 Å². The number of hydrogen-bond acceptors (Lipinski definition) is 2. The Balaban J connectivity index is 1.07. The molecular formula is C62H39NO. The first kappa shape index (κ1) is 36.2. The van der Waals surface area contributed by atoms with Crippen molar-refractivity contribution in [3.05, 3.63) is 237 Å². The average Bonchev–Trinajstić information content (AvgIpc) is 3.77. The van der Waals surface area contributed by atoms with Crippen molar-refractivity contribution in [3.63, 3.8) is 0 Å². The molecule has 1 heterocycles. The fraction of sp³-hybridized carbons (Fsp3) is 0. The average molecular weight is 814 g/mol. The van der Waals surface area contributed by atoms with Crippen LogP contribution in [0.1, 0.15) is 0 Å². The predicted octanol–water partition coefficient (Wildman–Crippen LogP) is 17.8. The molecule has 0 radical (unpaired) electrons. The SMILES string of the molecule is c1ccc(-c2c(-c3ccccc3)c3cc(N(c4ccc(-c5cccc6oc7c8ccccc8ccc7c56)cc4)c4cc5ccccc5c5ccccc45)ccc3c3ccccc23)cc1. The first-order valence-electron chi connectivity index (χ1n) is 22.0. The van der Waals surface area contributed by atoms with Gasteiger partial charge in [-0.3, -0.25) is 0 Å². The minimum Gasteiger partial charge on any atom is -0.455 e. The fourth-order valence-corrected chi connectivity index (χ4v) is 10.4. The first-order chi connectivity index (χ1) is 31.8. The second kappa shape index (κ2) is 14.6. The van der Waals surface area contributed by atoms with Crippen molar-refractivity contribution in [1.82, 2.24) is 0 Å². The highest BCUT2D eigenvalue weighted by atomic mass is 16.3. The Bertz CT molecular complexity index is 3940. The molecule has 12 aromatic carbocycles. The zero-order chi connectivity index (χ0) is 42.1. The maximum atomic E-state index is 6.61. The molecule has 298 valence electrons. The quantitative estimate of drug-likeness (QED) is 0.156. The van der Waals surface area contributed by atoms with Gasteiger partial charge < -0.3 is 9.32 Å². The van der Waals surface area contributed by atoms with Crippen molar-refractivity contribution >= 4 is 92.9 Å². The smallest absolute Gasteiger partial charge is 0.143 e. The Kier molecular flexibility index (Phi) is 8.25. The molecule has 0 aliphatic heterocycles. The summed E-state index contributed by atoms with van der Waals surface area (Å²) in [6.45, 7) is 0. The molecular weight excluding hydrogens is 775 g/mol. The summed E-state index contributed by atoms with van der Waals surface area (Å²) < 4.78 is 6.61. The lowest BCUT2D eigenvalue weighted by Gasteiger charge is -2.29. The van der Waals surface area contributed by atoms with Gasteiger partial charge in [-0.25, -0.2) is 0 Å². The first-order valence-corrected chi connectivity index (χ1v) is 22.0. The van der Waals surface area contributed by atoms with Crippen LogP contribution >= 0.6 is 0 Å². The summed E-state index contributed by atoms with van der Waals surface area (Å²) in [5, 5.41) is 14.4. The topological polar surface area (TPSA) is 16.4 Å². The summed E-state index contributed by atoms with van der Waals surface area (Å²) in [6.07, 6.45) is 0. The largest absolute Gasteiger partial charge is 0.455 e. The number of fused-ring (bicyclic) bond motifs is 11. The van der Waals surface area contributed by atoms with Crippen molar-refractivity contribution in [1.29, 1.82) is 0 Å². The molecule has 0 aliphatic rings. The van der Waals surface area contributed by atoms with E-state index < -0.39 is 0 Å². The zero-order valence-corrected chi connectivity index (χ0v) is 34.9. The highest BCUT2D eigenvalue weighted by Crippen LogP contribution is 2.49. The molecule has 0 fully saturated rings. The molecule has 13 rings (SSSR count). The van der Waals surface area contributed by atoms with Crippen LogP contribution in [0.25, 0.3) is 109 Å². The van der Waals surface area contributed by atoms with Gasteiger partial charge in [0.05, 0.1) is 5.69 Å². The standard InChI is InChI=1S/C62H39NO/c1-3-17-42(18-4-1)59-54-27-14-12-25-51(54)52-37-35-46(39-56(52)60(59)43-19-5-2-6-20-43)63(57-38-44-21-8-9-22-47(44)50-24-11-13-26-53(50)57)45-33-30-41(31-34-45)48-28-15-29-58-61(48)55-36-32-40-16-7-10-23-49(40)62(55)64-58/h1-39H. The summed E-state index contributed by atoms with van der Waals surface area (Å²) >= 11 is 0. The second-order valence-electron chi connectivity index (χ2n) is 16.7. The molecule has 0 amide bonds. The number of rotatable bonds is 6. The van der Waals surface area contributed by atoms with Gasteiger partial charge in [0.15, 0.2) is 0 Å². The van der Waals surface area contributed by atoms with E-state index in [1.165, 1.54) is 70.7 Å². The third-order valence-electron chi connectivity index (χ3n) is 13.2. The number of anilines is 3. The van der Waals surface area contributed by atoms with Gasteiger partial charge in [-0.05, 0) is 119 Å². The Labute approximate surface area is 370 Å². The van der Waals surface area contributed by atoms with E-state index in [0.717, 1.165) is 55.5 Å². The van der Waals surface area contributed by atoms with Gasteiger partial charge in [-0.1, -0.05) is 194 Å². The number of hydrogen-bond donors (Lipinski definition) is 0. The van der Waals surface area contributed by atoms with E-state index in [4.69, 9.17) is 4.42 Å². The van der Waals surface area contributed by atoms with Gasteiger partial charge in [-0.15, -0.1) is 0 Å². The second-order valence-corrected chi connectivity index (χ2v) is 16.7.